The maximum atomic E-state index is 15.0. The number of rotatable bonds is 16. The van der Waals surface area contributed by atoms with Gasteiger partial charge in [-0.05, 0) is 150 Å². The molecule has 2 amide bonds. The molecular weight excluding hydrogens is 1050 g/mol. The molecule has 0 spiro atoms. The number of ether oxygens (including phenoxy) is 4. The first kappa shape index (κ1) is 54.4. The van der Waals surface area contributed by atoms with E-state index in [0.717, 1.165) is 0 Å². The van der Waals surface area contributed by atoms with E-state index in [4.69, 9.17) is 42.1 Å². The third-order valence-electron chi connectivity index (χ3n) is 15.6. The van der Waals surface area contributed by atoms with Crippen LogP contribution in [-0.2, 0) is 39.7 Å². The van der Waals surface area contributed by atoms with Gasteiger partial charge >= 0.3 is 24.1 Å². The quantitative estimate of drug-likeness (QED) is 0.0401. The Kier molecular flexibility index (Phi) is 16.4. The predicted molar refractivity (Wildman–Crippen MR) is 285 cm³/mol. The second kappa shape index (κ2) is 23.5. The van der Waals surface area contributed by atoms with Crippen LogP contribution < -0.4 is 9.80 Å². The summed E-state index contributed by atoms with van der Waals surface area (Å²) in [4.78, 5) is 63.3. The Labute approximate surface area is 459 Å². The predicted octanol–water partition coefficient (Wildman–Crippen LogP) is 12.1. The molecule has 4 aliphatic heterocycles. The van der Waals surface area contributed by atoms with E-state index in [0.29, 0.717) is 135 Å². The molecular formula is C60H56Cl2F4N4O8. The number of hydrogen-bond acceptors (Lipinski definition) is 10. The molecule has 0 aliphatic carbocycles. The second-order valence-corrected chi connectivity index (χ2v) is 21.2. The van der Waals surface area contributed by atoms with Gasteiger partial charge in [-0.25, -0.2) is 36.7 Å². The number of nitrogens with zero attached hydrogens (tertiary/aromatic N) is 4. The smallest absolute Gasteiger partial charge is 0.418 e. The Morgan fingerprint density at radius 2 is 0.795 bits per heavy atom. The number of likely N-dealkylation sites (tertiary alicyclic amines) is 2. The van der Waals surface area contributed by atoms with Crippen molar-refractivity contribution in [3.63, 3.8) is 0 Å². The van der Waals surface area contributed by atoms with Crippen molar-refractivity contribution in [1.29, 1.82) is 0 Å². The zero-order valence-electron chi connectivity index (χ0n) is 42.4. The Morgan fingerprint density at radius 1 is 0.487 bits per heavy atom. The number of anilines is 2. The van der Waals surface area contributed by atoms with Crippen molar-refractivity contribution >= 4 is 58.7 Å². The summed E-state index contributed by atoms with van der Waals surface area (Å²) < 4.78 is 83.9. The minimum atomic E-state index is -1.79. The van der Waals surface area contributed by atoms with E-state index in [1.807, 2.05) is 0 Å². The molecule has 0 bridgehead atoms. The maximum Gasteiger partial charge on any atom is 0.418 e. The Hall–Kier alpha value is -6.98. The van der Waals surface area contributed by atoms with Crippen molar-refractivity contribution in [1.82, 2.24) is 9.80 Å². The minimum absolute atomic E-state index is 0.328. The molecule has 2 unspecified atom stereocenters. The Bertz CT molecular complexity index is 2810. The van der Waals surface area contributed by atoms with Crippen molar-refractivity contribution in [3.05, 3.63) is 201 Å². The van der Waals surface area contributed by atoms with Crippen LogP contribution in [0.1, 0.15) is 60.8 Å². The van der Waals surface area contributed by atoms with Crippen LogP contribution in [0.3, 0.4) is 0 Å². The molecule has 0 N–H and O–H groups in total. The third-order valence-corrected chi connectivity index (χ3v) is 16.1. The number of carbonyl (C=O) groups excluding carboxylic acids is 4. The van der Waals surface area contributed by atoms with Crippen LogP contribution in [0.5, 0.6) is 0 Å². The summed E-state index contributed by atoms with van der Waals surface area (Å²) in [6.07, 6.45) is 0.934. The lowest BCUT2D eigenvalue weighted by Crippen LogP contribution is -2.50. The molecule has 0 aromatic heterocycles. The van der Waals surface area contributed by atoms with Crippen LogP contribution in [0.15, 0.2) is 146 Å². The molecule has 6 aromatic carbocycles. The zero-order chi connectivity index (χ0) is 54.6. The monoisotopic (exact) mass is 1110 g/mol. The SMILES string of the molecule is O=C(OC(c1ccc(F)cc1)(c1ccc(F)cc1)C1CCN(CCC2CN(c3cccc(Cl)c3)C(=O)O2)CC1)C(=O)OC(c1ccc(F)cc1)(c1ccc(F)cc1)C1CCN(CCC2CN(c3cccc(Cl)c3)C(=O)O2)CC1. The number of benzene rings is 6. The molecule has 78 heavy (non-hydrogen) atoms. The van der Waals surface area contributed by atoms with Crippen molar-refractivity contribution in [2.24, 2.45) is 11.8 Å². The lowest BCUT2D eigenvalue weighted by Gasteiger charge is -2.46. The minimum Gasteiger partial charge on any atom is -0.444 e. The summed E-state index contributed by atoms with van der Waals surface area (Å²) in [6.45, 7) is 3.75. The highest BCUT2D eigenvalue weighted by Gasteiger charge is 2.52. The third kappa shape index (κ3) is 11.7. The highest BCUT2D eigenvalue weighted by Crippen LogP contribution is 2.49. The van der Waals surface area contributed by atoms with E-state index >= 15 is 9.59 Å². The van der Waals surface area contributed by atoms with E-state index in [1.165, 1.54) is 97.1 Å². The van der Waals surface area contributed by atoms with Gasteiger partial charge in [0.25, 0.3) is 0 Å². The van der Waals surface area contributed by atoms with Crippen LogP contribution >= 0.6 is 23.2 Å². The van der Waals surface area contributed by atoms with Gasteiger partial charge in [-0.1, -0.05) is 83.9 Å². The lowest BCUT2D eigenvalue weighted by molar-refractivity contribution is -0.191. The van der Waals surface area contributed by atoms with Crippen LogP contribution in [0, 0.1) is 35.1 Å². The first-order valence-corrected chi connectivity index (χ1v) is 26.8. The summed E-state index contributed by atoms with van der Waals surface area (Å²) in [5.74, 6) is -6.17. The summed E-state index contributed by atoms with van der Waals surface area (Å²) in [5.41, 5.74) is -1.00. The molecule has 406 valence electrons. The van der Waals surface area contributed by atoms with Gasteiger partial charge in [0.05, 0.1) is 13.1 Å². The first-order valence-electron chi connectivity index (χ1n) is 26.1. The van der Waals surface area contributed by atoms with E-state index < -0.39 is 70.4 Å². The molecule has 4 fully saturated rings. The van der Waals surface area contributed by atoms with Crippen LogP contribution in [0.4, 0.5) is 38.5 Å². The largest absolute Gasteiger partial charge is 0.444 e. The van der Waals surface area contributed by atoms with Crippen molar-refractivity contribution in [3.8, 4) is 0 Å². The van der Waals surface area contributed by atoms with Gasteiger partial charge in [0.1, 0.15) is 35.5 Å². The molecule has 4 heterocycles. The highest BCUT2D eigenvalue weighted by molar-refractivity contribution is 6.31. The van der Waals surface area contributed by atoms with Gasteiger partial charge < -0.3 is 28.7 Å². The van der Waals surface area contributed by atoms with Crippen molar-refractivity contribution in [2.75, 3.05) is 62.2 Å². The average molecular weight is 1110 g/mol. The number of hydrogen-bond donors (Lipinski definition) is 0. The van der Waals surface area contributed by atoms with Gasteiger partial charge in [-0.2, -0.15) is 0 Å². The molecule has 4 saturated heterocycles. The fourth-order valence-corrected chi connectivity index (χ4v) is 12.0. The van der Waals surface area contributed by atoms with E-state index in [2.05, 4.69) is 9.80 Å². The number of piperidine rings is 2. The van der Waals surface area contributed by atoms with E-state index in [-0.39, 0.29) is 12.2 Å². The molecule has 4 aliphatic rings. The fourth-order valence-electron chi connectivity index (χ4n) is 11.7. The molecule has 0 radical (unpaired) electrons. The van der Waals surface area contributed by atoms with Gasteiger partial charge in [-0.15, -0.1) is 0 Å². The fraction of sp³-hybridized carbons (Fsp3) is 0.333. The van der Waals surface area contributed by atoms with Gasteiger partial charge in [0.15, 0.2) is 11.2 Å². The van der Waals surface area contributed by atoms with E-state index in [9.17, 15) is 27.2 Å². The molecule has 10 rings (SSSR count). The Morgan fingerprint density at radius 3 is 1.09 bits per heavy atom. The van der Waals surface area contributed by atoms with Gasteiger partial charge in [-0.3, -0.25) is 9.80 Å². The highest BCUT2D eigenvalue weighted by atomic mass is 35.5. The summed E-state index contributed by atoms with van der Waals surface area (Å²) in [7, 11) is 0. The topological polar surface area (TPSA) is 118 Å². The molecule has 18 heteroatoms. The number of cyclic esters (lactones) is 2. The number of halogens is 6. The molecule has 12 nitrogen and oxygen atoms in total. The van der Waals surface area contributed by atoms with Crippen molar-refractivity contribution in [2.45, 2.75) is 61.9 Å². The number of esters is 2. The van der Waals surface area contributed by atoms with Gasteiger partial charge in [0.2, 0.25) is 0 Å². The first-order chi connectivity index (χ1) is 37.7. The number of carbonyl (C=O) groups is 4. The molecule has 6 aromatic rings. The van der Waals surface area contributed by atoms with Crippen LogP contribution in [0.2, 0.25) is 10.0 Å². The Balaban J connectivity index is 0.900. The number of amides is 2. The zero-order valence-corrected chi connectivity index (χ0v) is 43.9. The van der Waals surface area contributed by atoms with E-state index in [1.54, 1.807) is 58.3 Å². The summed E-state index contributed by atoms with van der Waals surface area (Å²) in [6, 6.07) is 35.6. The molecule has 0 saturated carbocycles. The normalized spacial score (nSPS) is 18.9. The average Bonchev–Trinajstić information content (AvgIpc) is 4.10. The van der Waals surface area contributed by atoms with Crippen LogP contribution in [0.25, 0.3) is 0 Å². The summed E-state index contributed by atoms with van der Waals surface area (Å²) >= 11 is 12.4. The van der Waals surface area contributed by atoms with Crippen LogP contribution in [-0.4, -0.2) is 98.5 Å². The lowest BCUT2D eigenvalue weighted by atomic mass is 9.71. The second-order valence-electron chi connectivity index (χ2n) is 20.3. The maximum absolute atomic E-state index is 15.0. The van der Waals surface area contributed by atoms with Gasteiger partial charge in [0, 0.05) is 68.6 Å². The molecule has 2 atom stereocenters. The van der Waals surface area contributed by atoms with Crippen molar-refractivity contribution < 1.29 is 55.7 Å². The standard InChI is InChI=1S/C60H56Cl2F4N4O8/c61-45-3-1-5-51(35-45)69-37-53(75-57(69)73)27-33-67-29-23-43(24-30-67)59(39-7-15-47(63)16-8-39,40-9-17-48(64)18-10-40)77-55(71)56(72)78-60(41-11-19-49(65)20-12-41,42-13-21-50(66)22-14-42)44-25-31-68(32-26-44)34-28-54-38-70(58(74)76-54)52-6-2-4-46(62)36-52/h1-22,35-36,43-44,53-54H,23-34,37-38H2. The summed E-state index contributed by atoms with van der Waals surface area (Å²) in [5, 5.41) is 0.989.